The van der Waals surface area contributed by atoms with E-state index in [-0.39, 0.29) is 5.91 Å². The van der Waals surface area contributed by atoms with E-state index in [0.717, 1.165) is 4.47 Å². The summed E-state index contributed by atoms with van der Waals surface area (Å²) in [5.41, 5.74) is 7.39. The number of nitrogens with one attached hydrogen (secondary N) is 1. The van der Waals surface area contributed by atoms with Crippen molar-refractivity contribution in [1.29, 1.82) is 0 Å². The number of carbonyl (C=O) groups is 1. The highest BCUT2D eigenvalue weighted by atomic mass is 79.9. The fourth-order valence-electron chi connectivity index (χ4n) is 1.74. The molecule has 0 bridgehead atoms. The van der Waals surface area contributed by atoms with Crippen LogP contribution in [0.1, 0.15) is 17.3 Å². The van der Waals surface area contributed by atoms with Crippen LogP contribution in [0, 0.1) is 0 Å². The summed E-state index contributed by atoms with van der Waals surface area (Å²) in [6.45, 7) is 2.36. The first kappa shape index (κ1) is 14.4. The van der Waals surface area contributed by atoms with Gasteiger partial charge in [0.15, 0.2) is 0 Å². The molecule has 0 aliphatic heterocycles. The van der Waals surface area contributed by atoms with Gasteiger partial charge in [0, 0.05) is 15.8 Å². The molecule has 2 rings (SSSR count). The highest BCUT2D eigenvalue weighted by molar-refractivity contribution is 9.10. The minimum absolute atomic E-state index is 0.247. The average molecular weight is 335 g/mol. The second kappa shape index (κ2) is 6.43. The largest absolute Gasteiger partial charge is 0.493 e. The quantitative estimate of drug-likeness (QED) is 0.838. The van der Waals surface area contributed by atoms with Gasteiger partial charge in [-0.1, -0.05) is 15.9 Å². The van der Waals surface area contributed by atoms with Gasteiger partial charge in [-0.3, -0.25) is 4.79 Å². The molecule has 0 aromatic heterocycles. The summed E-state index contributed by atoms with van der Waals surface area (Å²) in [6.07, 6.45) is 0. The van der Waals surface area contributed by atoms with Gasteiger partial charge >= 0.3 is 0 Å². The first-order valence-corrected chi connectivity index (χ1v) is 6.98. The number of hydrogen-bond donors (Lipinski definition) is 2. The molecule has 5 heteroatoms. The van der Waals surface area contributed by atoms with Crippen molar-refractivity contribution in [1.82, 2.24) is 0 Å². The van der Waals surface area contributed by atoms with Crippen LogP contribution >= 0.6 is 15.9 Å². The molecule has 4 nitrogen and oxygen atoms in total. The van der Waals surface area contributed by atoms with Crippen molar-refractivity contribution in [3.63, 3.8) is 0 Å². The first-order chi connectivity index (χ1) is 9.60. The topological polar surface area (TPSA) is 64.3 Å². The fraction of sp³-hybridized carbons (Fsp3) is 0.133. The van der Waals surface area contributed by atoms with Crippen LogP contribution in [0.15, 0.2) is 46.9 Å². The molecule has 3 N–H and O–H groups in total. The van der Waals surface area contributed by atoms with Crippen LogP contribution in [-0.2, 0) is 0 Å². The zero-order chi connectivity index (χ0) is 14.5. The second-order valence-corrected chi connectivity index (χ2v) is 5.07. The van der Waals surface area contributed by atoms with Crippen molar-refractivity contribution in [3.8, 4) is 5.75 Å². The number of halogens is 1. The molecule has 0 radical (unpaired) electrons. The van der Waals surface area contributed by atoms with Crippen LogP contribution in [0.3, 0.4) is 0 Å². The molecule has 2 aromatic carbocycles. The van der Waals surface area contributed by atoms with Gasteiger partial charge in [-0.2, -0.15) is 0 Å². The van der Waals surface area contributed by atoms with Crippen molar-refractivity contribution in [2.45, 2.75) is 6.92 Å². The van der Waals surface area contributed by atoms with Crippen molar-refractivity contribution < 1.29 is 9.53 Å². The van der Waals surface area contributed by atoms with Crippen LogP contribution < -0.4 is 15.8 Å². The maximum Gasteiger partial charge on any atom is 0.259 e. The van der Waals surface area contributed by atoms with Gasteiger partial charge in [0.1, 0.15) is 5.75 Å². The third-order valence-corrected chi connectivity index (χ3v) is 3.18. The van der Waals surface area contributed by atoms with Gasteiger partial charge in [0.25, 0.3) is 5.91 Å². The van der Waals surface area contributed by atoms with Gasteiger partial charge in [0.2, 0.25) is 0 Å². The predicted octanol–water partition coefficient (Wildman–Crippen LogP) is 3.68. The Morgan fingerprint density at radius 1 is 1.25 bits per heavy atom. The van der Waals surface area contributed by atoms with E-state index in [0.29, 0.717) is 29.3 Å². The van der Waals surface area contributed by atoms with E-state index in [2.05, 4.69) is 21.2 Å². The van der Waals surface area contributed by atoms with E-state index < -0.39 is 0 Å². The Balaban J connectivity index is 2.23. The smallest absolute Gasteiger partial charge is 0.259 e. The van der Waals surface area contributed by atoms with Crippen LogP contribution in [0.2, 0.25) is 0 Å². The van der Waals surface area contributed by atoms with Gasteiger partial charge < -0.3 is 15.8 Å². The lowest BCUT2D eigenvalue weighted by atomic mass is 10.1. The number of nitrogen functional groups attached to an aromatic ring is 1. The molecule has 0 heterocycles. The molecule has 0 spiro atoms. The van der Waals surface area contributed by atoms with Crippen molar-refractivity contribution in [3.05, 3.63) is 52.5 Å². The zero-order valence-corrected chi connectivity index (χ0v) is 12.6. The summed E-state index contributed by atoms with van der Waals surface area (Å²) in [5, 5.41) is 2.82. The number of amides is 1. The monoisotopic (exact) mass is 334 g/mol. The van der Waals surface area contributed by atoms with E-state index in [4.69, 9.17) is 10.5 Å². The van der Waals surface area contributed by atoms with E-state index >= 15 is 0 Å². The molecule has 2 aromatic rings. The van der Waals surface area contributed by atoms with Gasteiger partial charge in [-0.05, 0) is 49.4 Å². The third kappa shape index (κ3) is 3.51. The molecular weight excluding hydrogens is 320 g/mol. The van der Waals surface area contributed by atoms with Crippen molar-refractivity contribution in [2.24, 2.45) is 0 Å². The molecule has 1 amide bonds. The number of ether oxygens (including phenoxy) is 1. The van der Waals surface area contributed by atoms with Crippen LogP contribution in [0.4, 0.5) is 11.4 Å². The Hall–Kier alpha value is -2.01. The molecule has 0 fully saturated rings. The summed E-state index contributed by atoms with van der Waals surface area (Å²) in [7, 11) is 0. The summed E-state index contributed by atoms with van der Waals surface area (Å²) in [6, 6.07) is 12.4. The Morgan fingerprint density at radius 3 is 2.60 bits per heavy atom. The van der Waals surface area contributed by atoms with E-state index in [1.54, 1.807) is 18.2 Å². The van der Waals surface area contributed by atoms with Gasteiger partial charge in [0.05, 0.1) is 12.2 Å². The number of anilines is 2. The molecule has 0 saturated carbocycles. The maximum absolute atomic E-state index is 12.3. The SMILES string of the molecule is CCOc1ccc(N)cc1C(=O)Nc1ccc(Br)cc1. The highest BCUT2D eigenvalue weighted by Crippen LogP contribution is 2.23. The number of rotatable bonds is 4. The Labute approximate surface area is 126 Å². The normalized spacial score (nSPS) is 10.1. The van der Waals surface area contributed by atoms with Crippen molar-refractivity contribution in [2.75, 3.05) is 17.7 Å². The number of benzene rings is 2. The van der Waals surface area contributed by atoms with E-state index in [1.165, 1.54) is 0 Å². The molecule has 0 aliphatic rings. The molecule has 104 valence electrons. The summed E-state index contributed by atoms with van der Waals surface area (Å²) in [5.74, 6) is 0.277. The molecule has 0 aliphatic carbocycles. The minimum atomic E-state index is -0.247. The third-order valence-electron chi connectivity index (χ3n) is 2.65. The first-order valence-electron chi connectivity index (χ1n) is 6.19. The summed E-state index contributed by atoms with van der Waals surface area (Å²) < 4.78 is 6.40. The molecule has 20 heavy (non-hydrogen) atoms. The molecule has 0 saturated heterocycles. The van der Waals surface area contributed by atoms with Crippen LogP contribution in [-0.4, -0.2) is 12.5 Å². The second-order valence-electron chi connectivity index (χ2n) is 4.15. The fourth-order valence-corrected chi connectivity index (χ4v) is 2.00. The Kier molecular flexibility index (Phi) is 4.63. The predicted molar refractivity (Wildman–Crippen MR) is 84.1 cm³/mol. The zero-order valence-electron chi connectivity index (χ0n) is 11.0. The summed E-state index contributed by atoms with van der Waals surface area (Å²) in [4.78, 5) is 12.3. The summed E-state index contributed by atoms with van der Waals surface area (Å²) >= 11 is 3.35. The standard InChI is InChI=1S/C15H15BrN2O2/c1-2-20-14-8-5-11(17)9-13(14)15(19)18-12-6-3-10(16)4-7-12/h3-9H,2,17H2,1H3,(H,18,19). The van der Waals surface area contributed by atoms with E-state index in [1.807, 2.05) is 31.2 Å². The lowest BCUT2D eigenvalue weighted by Crippen LogP contribution is -2.14. The molecule has 0 atom stereocenters. The molecular formula is C15H15BrN2O2. The number of carbonyl (C=O) groups excluding carboxylic acids is 1. The van der Waals surface area contributed by atoms with Gasteiger partial charge in [-0.15, -0.1) is 0 Å². The van der Waals surface area contributed by atoms with E-state index in [9.17, 15) is 4.79 Å². The van der Waals surface area contributed by atoms with Crippen molar-refractivity contribution >= 4 is 33.2 Å². The minimum Gasteiger partial charge on any atom is -0.493 e. The number of hydrogen-bond acceptors (Lipinski definition) is 3. The number of nitrogens with two attached hydrogens (primary N) is 1. The average Bonchev–Trinajstić information content (AvgIpc) is 2.43. The maximum atomic E-state index is 12.3. The Bertz CT molecular complexity index is 612. The van der Waals surface area contributed by atoms with Crippen LogP contribution in [0.25, 0.3) is 0 Å². The lowest BCUT2D eigenvalue weighted by Gasteiger charge is -2.11. The molecule has 0 unspecified atom stereocenters. The van der Waals surface area contributed by atoms with Gasteiger partial charge in [-0.25, -0.2) is 0 Å². The Morgan fingerprint density at radius 2 is 1.95 bits per heavy atom. The highest BCUT2D eigenvalue weighted by Gasteiger charge is 2.13. The van der Waals surface area contributed by atoms with Crippen LogP contribution in [0.5, 0.6) is 5.75 Å². The lowest BCUT2D eigenvalue weighted by molar-refractivity contribution is 0.102.